The molecule has 2 atom stereocenters. The molecule has 24 heavy (non-hydrogen) atoms. The molecular formula is C19H17NO4. The van der Waals surface area contributed by atoms with E-state index in [4.69, 9.17) is 9.57 Å². The van der Waals surface area contributed by atoms with Crippen LogP contribution in [0.3, 0.4) is 0 Å². The highest BCUT2D eigenvalue weighted by Crippen LogP contribution is 2.25. The van der Waals surface area contributed by atoms with Crippen LogP contribution in [-0.2, 0) is 9.63 Å². The highest BCUT2D eigenvalue weighted by Gasteiger charge is 2.42. The summed E-state index contributed by atoms with van der Waals surface area (Å²) < 4.78 is 5.67. The summed E-state index contributed by atoms with van der Waals surface area (Å²) in [5.41, 5.74) is 0.664. The predicted molar refractivity (Wildman–Crippen MR) is 89.2 cm³/mol. The lowest BCUT2D eigenvalue weighted by atomic mass is 9.87. The van der Waals surface area contributed by atoms with Crippen LogP contribution in [0.2, 0.25) is 0 Å². The number of hydrogen-bond acceptors (Lipinski definition) is 5. The molecule has 0 radical (unpaired) electrons. The lowest BCUT2D eigenvalue weighted by Gasteiger charge is -2.18. The molecule has 0 fully saturated rings. The van der Waals surface area contributed by atoms with Gasteiger partial charge in [-0.3, -0.25) is 9.59 Å². The molecule has 2 unspecified atom stereocenters. The number of ether oxygens (including phenoxy) is 1. The van der Waals surface area contributed by atoms with Gasteiger partial charge in [-0.15, -0.1) is 0 Å². The van der Waals surface area contributed by atoms with Gasteiger partial charge in [0, 0.05) is 12.5 Å². The van der Waals surface area contributed by atoms with Crippen LogP contribution in [0.4, 0.5) is 0 Å². The summed E-state index contributed by atoms with van der Waals surface area (Å²) in [7, 11) is 0. The minimum absolute atomic E-state index is 0.132. The van der Waals surface area contributed by atoms with Crippen LogP contribution in [-0.4, -0.2) is 30.0 Å². The number of nitrogens with zero attached hydrogens (tertiary/aromatic N) is 1. The lowest BCUT2D eigenvalue weighted by Crippen LogP contribution is -2.37. The average Bonchev–Trinajstić information content (AvgIpc) is 3.05. The smallest absolute Gasteiger partial charge is 0.178 e. The van der Waals surface area contributed by atoms with Crippen molar-refractivity contribution >= 4 is 17.3 Å². The maximum Gasteiger partial charge on any atom is 0.178 e. The van der Waals surface area contributed by atoms with Crippen molar-refractivity contribution < 1.29 is 19.2 Å². The van der Waals surface area contributed by atoms with Gasteiger partial charge in [0.25, 0.3) is 0 Å². The zero-order valence-corrected chi connectivity index (χ0v) is 13.2. The van der Waals surface area contributed by atoms with Crippen LogP contribution in [0.15, 0.2) is 65.8 Å². The first-order chi connectivity index (χ1) is 11.7. The number of carbonyl (C=O) groups is 2. The van der Waals surface area contributed by atoms with Crippen LogP contribution in [0.5, 0.6) is 5.75 Å². The maximum absolute atomic E-state index is 12.8. The first-order valence-corrected chi connectivity index (χ1v) is 7.68. The summed E-state index contributed by atoms with van der Waals surface area (Å²) in [5.74, 6) is -0.549. The number of carbonyl (C=O) groups excluding carboxylic acids is 2. The van der Waals surface area contributed by atoms with Crippen LogP contribution in [0.25, 0.3) is 0 Å². The molecule has 3 rings (SSSR count). The molecule has 1 aliphatic heterocycles. The molecule has 0 bridgehead atoms. The second-order valence-corrected chi connectivity index (χ2v) is 5.51. The van der Waals surface area contributed by atoms with Crippen LogP contribution in [0, 0.1) is 5.92 Å². The van der Waals surface area contributed by atoms with Gasteiger partial charge in [0.05, 0.1) is 0 Å². The second-order valence-electron chi connectivity index (χ2n) is 5.51. The number of oxime groups is 1. The summed E-state index contributed by atoms with van der Waals surface area (Å²) in [5, 5.41) is 3.82. The highest BCUT2D eigenvalue weighted by atomic mass is 16.7. The summed E-state index contributed by atoms with van der Waals surface area (Å²) >= 11 is 0. The van der Waals surface area contributed by atoms with Crippen LogP contribution in [0.1, 0.15) is 17.3 Å². The molecule has 0 amide bonds. The summed E-state index contributed by atoms with van der Waals surface area (Å²) in [6, 6.07) is 18.1. The highest BCUT2D eigenvalue weighted by molar-refractivity contribution is 6.44. The molecule has 0 aliphatic carbocycles. The molecule has 0 aromatic heterocycles. The van der Waals surface area contributed by atoms with Gasteiger partial charge < -0.3 is 9.57 Å². The standard InChI is InChI=1S/C19H17NO4/c1-13(21)18-17(19(22)14-8-4-2-5-9-14)16(24-20-18)12-23-15-10-6-3-7-11-15/h2-11,16-17H,12H2,1H3. The molecule has 0 spiro atoms. The van der Waals surface area contributed by atoms with E-state index in [0.717, 1.165) is 0 Å². The van der Waals surface area contributed by atoms with Gasteiger partial charge in [-0.05, 0) is 12.1 Å². The summed E-state index contributed by atoms with van der Waals surface area (Å²) in [4.78, 5) is 29.9. The van der Waals surface area contributed by atoms with Gasteiger partial charge in [-0.25, -0.2) is 0 Å². The lowest BCUT2D eigenvalue weighted by molar-refractivity contribution is -0.111. The Kier molecular flexibility index (Phi) is 4.70. The fourth-order valence-corrected chi connectivity index (χ4v) is 2.60. The second kappa shape index (κ2) is 7.08. The van der Waals surface area contributed by atoms with Crippen LogP contribution < -0.4 is 4.74 Å². The van der Waals surface area contributed by atoms with Crippen molar-refractivity contribution in [1.29, 1.82) is 0 Å². The van der Waals surface area contributed by atoms with Crippen molar-refractivity contribution in [3.8, 4) is 5.75 Å². The van der Waals surface area contributed by atoms with Crippen molar-refractivity contribution in [1.82, 2.24) is 0 Å². The monoisotopic (exact) mass is 323 g/mol. The van der Waals surface area contributed by atoms with E-state index in [1.54, 1.807) is 24.3 Å². The van der Waals surface area contributed by atoms with Crippen molar-refractivity contribution in [3.63, 3.8) is 0 Å². The Morgan fingerprint density at radius 1 is 1.04 bits per heavy atom. The van der Waals surface area contributed by atoms with Gasteiger partial charge in [-0.2, -0.15) is 0 Å². The number of hydrogen-bond donors (Lipinski definition) is 0. The number of rotatable bonds is 6. The summed E-state index contributed by atoms with van der Waals surface area (Å²) in [6.07, 6.45) is -0.628. The van der Waals surface area contributed by atoms with E-state index >= 15 is 0 Å². The van der Waals surface area contributed by atoms with Crippen molar-refractivity contribution in [3.05, 3.63) is 66.2 Å². The number of Topliss-reactive ketones (excluding diaryl/α,β-unsaturated/α-hetero) is 2. The molecular weight excluding hydrogens is 306 g/mol. The van der Waals surface area contributed by atoms with E-state index in [0.29, 0.717) is 11.3 Å². The van der Waals surface area contributed by atoms with E-state index in [1.165, 1.54) is 6.92 Å². The van der Waals surface area contributed by atoms with E-state index in [9.17, 15) is 9.59 Å². The Balaban J connectivity index is 1.79. The molecule has 5 nitrogen and oxygen atoms in total. The van der Waals surface area contributed by atoms with E-state index in [1.807, 2.05) is 36.4 Å². The third-order valence-corrected chi connectivity index (χ3v) is 3.81. The minimum Gasteiger partial charge on any atom is -0.490 e. The molecule has 2 aromatic rings. The molecule has 122 valence electrons. The Labute approximate surface area is 139 Å². The fraction of sp³-hybridized carbons (Fsp3) is 0.211. The van der Waals surface area contributed by atoms with Gasteiger partial charge in [0.2, 0.25) is 0 Å². The Hall–Kier alpha value is -2.95. The minimum atomic E-state index is -0.756. The largest absolute Gasteiger partial charge is 0.490 e. The van der Waals surface area contributed by atoms with Crippen LogP contribution >= 0.6 is 0 Å². The molecule has 1 aliphatic rings. The fourth-order valence-electron chi connectivity index (χ4n) is 2.60. The maximum atomic E-state index is 12.8. The zero-order chi connectivity index (χ0) is 16.9. The Morgan fingerprint density at radius 3 is 2.29 bits per heavy atom. The SMILES string of the molecule is CC(=O)C1=NOC(COc2ccccc2)C1C(=O)c1ccccc1. The van der Waals surface area contributed by atoms with Gasteiger partial charge in [0.15, 0.2) is 17.7 Å². The number of ketones is 2. The van der Waals surface area contributed by atoms with Crippen molar-refractivity contribution in [2.24, 2.45) is 11.1 Å². The average molecular weight is 323 g/mol. The molecule has 0 N–H and O–H groups in total. The molecule has 0 saturated heterocycles. The number of benzene rings is 2. The Bertz CT molecular complexity index is 755. The van der Waals surface area contributed by atoms with Gasteiger partial charge >= 0.3 is 0 Å². The third kappa shape index (κ3) is 3.35. The van der Waals surface area contributed by atoms with Gasteiger partial charge in [0.1, 0.15) is 24.0 Å². The summed E-state index contributed by atoms with van der Waals surface area (Å²) in [6.45, 7) is 1.52. The predicted octanol–water partition coefficient (Wildman–Crippen LogP) is 2.91. The third-order valence-electron chi connectivity index (χ3n) is 3.81. The normalized spacial score (nSPS) is 19.3. The van der Waals surface area contributed by atoms with Gasteiger partial charge in [-0.1, -0.05) is 53.7 Å². The first kappa shape index (κ1) is 15.9. The van der Waals surface area contributed by atoms with E-state index in [2.05, 4.69) is 5.16 Å². The quantitative estimate of drug-likeness (QED) is 0.767. The molecule has 0 saturated carbocycles. The molecule has 5 heteroatoms. The van der Waals surface area contributed by atoms with Crippen molar-refractivity contribution in [2.75, 3.05) is 6.61 Å². The molecule has 2 aromatic carbocycles. The first-order valence-electron chi connectivity index (χ1n) is 7.68. The Morgan fingerprint density at radius 2 is 1.67 bits per heavy atom. The zero-order valence-electron chi connectivity index (χ0n) is 13.2. The topological polar surface area (TPSA) is 65.0 Å². The molecule has 1 heterocycles. The van der Waals surface area contributed by atoms with Crippen molar-refractivity contribution in [2.45, 2.75) is 13.0 Å². The van der Waals surface area contributed by atoms with E-state index < -0.39 is 12.0 Å². The number of para-hydroxylation sites is 1. The van der Waals surface area contributed by atoms with E-state index in [-0.39, 0.29) is 23.9 Å².